The van der Waals surface area contributed by atoms with Crippen molar-refractivity contribution in [1.82, 2.24) is 10.6 Å². The molecule has 0 atom stereocenters. The lowest BCUT2D eigenvalue weighted by Crippen LogP contribution is -2.43. The Bertz CT molecular complexity index is 513. The van der Waals surface area contributed by atoms with Gasteiger partial charge in [-0.1, -0.05) is 12.8 Å². The first-order valence-corrected chi connectivity index (χ1v) is 8.52. The number of thiocarbonyl (C=S) groups is 1. The number of hydrogen-bond acceptors (Lipinski definition) is 4. The molecule has 0 bridgehead atoms. The fraction of sp³-hybridized carbons (Fsp3) is 0.529. The van der Waals surface area contributed by atoms with Gasteiger partial charge in [-0.25, -0.2) is 0 Å². The molecule has 0 radical (unpaired) electrons. The first-order chi connectivity index (χ1) is 11.2. The summed E-state index contributed by atoms with van der Waals surface area (Å²) in [6.45, 7) is 3.67. The number of carbonyl (C=O) groups excluding carboxylic acids is 1. The molecule has 1 aromatic rings. The number of benzene rings is 1. The van der Waals surface area contributed by atoms with E-state index in [2.05, 4.69) is 10.6 Å². The fourth-order valence-corrected chi connectivity index (χ4v) is 2.79. The molecule has 0 spiro atoms. The van der Waals surface area contributed by atoms with Gasteiger partial charge in [0.1, 0.15) is 12.4 Å². The highest BCUT2D eigenvalue weighted by molar-refractivity contribution is 7.80. The quantitative estimate of drug-likeness (QED) is 0.592. The van der Waals surface area contributed by atoms with Crippen LogP contribution in [0.3, 0.4) is 0 Å². The second-order valence-electron chi connectivity index (χ2n) is 5.48. The van der Waals surface area contributed by atoms with E-state index >= 15 is 0 Å². The van der Waals surface area contributed by atoms with E-state index in [-0.39, 0.29) is 5.91 Å². The monoisotopic (exact) mass is 336 g/mol. The van der Waals surface area contributed by atoms with Crippen molar-refractivity contribution in [3.05, 3.63) is 29.8 Å². The molecule has 0 saturated heterocycles. The van der Waals surface area contributed by atoms with Crippen LogP contribution in [0.15, 0.2) is 24.3 Å². The summed E-state index contributed by atoms with van der Waals surface area (Å²) in [4.78, 5) is 12.1. The maximum absolute atomic E-state index is 12.1. The van der Waals surface area contributed by atoms with Crippen molar-refractivity contribution in [2.45, 2.75) is 38.6 Å². The van der Waals surface area contributed by atoms with Crippen LogP contribution in [0.25, 0.3) is 0 Å². The van der Waals surface area contributed by atoms with Crippen LogP contribution in [0.1, 0.15) is 43.0 Å². The molecule has 2 rings (SSSR count). The van der Waals surface area contributed by atoms with Crippen molar-refractivity contribution >= 4 is 23.2 Å². The maximum Gasteiger partial charge on any atom is 0.257 e. The summed E-state index contributed by atoms with van der Waals surface area (Å²) >= 11 is 5.19. The second-order valence-corrected chi connectivity index (χ2v) is 5.89. The highest BCUT2D eigenvalue weighted by Crippen LogP contribution is 2.17. The Hall–Kier alpha value is -1.66. The van der Waals surface area contributed by atoms with Crippen LogP contribution in [0.5, 0.6) is 5.75 Å². The third kappa shape index (κ3) is 6.15. The minimum Gasteiger partial charge on any atom is -0.491 e. The number of ether oxygens (including phenoxy) is 2. The molecule has 0 heterocycles. The average molecular weight is 336 g/mol. The van der Waals surface area contributed by atoms with Crippen molar-refractivity contribution in [1.29, 1.82) is 0 Å². The molecule has 1 fully saturated rings. The van der Waals surface area contributed by atoms with Crippen LogP contribution in [-0.2, 0) is 4.74 Å². The summed E-state index contributed by atoms with van der Waals surface area (Å²) < 4.78 is 10.7. The van der Waals surface area contributed by atoms with Gasteiger partial charge in [0.2, 0.25) is 0 Å². The second kappa shape index (κ2) is 9.47. The number of amides is 1. The number of hydrogen-bond donors (Lipinski definition) is 2. The summed E-state index contributed by atoms with van der Waals surface area (Å²) in [5.74, 6) is 0.509. The molecular weight excluding hydrogens is 312 g/mol. The molecule has 1 aromatic carbocycles. The third-order valence-electron chi connectivity index (χ3n) is 3.73. The molecule has 6 heteroatoms. The fourth-order valence-electron chi connectivity index (χ4n) is 2.53. The standard InChI is InChI=1S/C17H24N2O3S/c1-2-21-11-12-22-15-9-7-13(8-10-15)16(20)19-17(23)18-14-5-3-4-6-14/h7-10,14H,2-6,11-12H2,1H3,(H2,18,19,20,23). The van der Waals surface area contributed by atoms with Crippen LogP contribution >= 0.6 is 12.2 Å². The average Bonchev–Trinajstić information content (AvgIpc) is 3.05. The molecule has 1 saturated carbocycles. The Morgan fingerprint density at radius 1 is 1.22 bits per heavy atom. The lowest BCUT2D eigenvalue weighted by molar-refractivity contribution is 0.0976. The Morgan fingerprint density at radius 3 is 2.57 bits per heavy atom. The normalized spacial score (nSPS) is 14.5. The van der Waals surface area contributed by atoms with E-state index in [1.165, 1.54) is 12.8 Å². The number of nitrogens with one attached hydrogen (secondary N) is 2. The molecule has 0 aliphatic heterocycles. The van der Waals surface area contributed by atoms with Crippen molar-refractivity contribution < 1.29 is 14.3 Å². The van der Waals surface area contributed by atoms with E-state index in [0.717, 1.165) is 12.8 Å². The highest BCUT2D eigenvalue weighted by atomic mass is 32.1. The first kappa shape index (κ1) is 17.7. The lowest BCUT2D eigenvalue weighted by Gasteiger charge is -2.15. The Labute approximate surface area is 142 Å². The summed E-state index contributed by atoms with van der Waals surface area (Å²) in [5.41, 5.74) is 0.553. The number of carbonyl (C=O) groups is 1. The van der Waals surface area contributed by atoms with Gasteiger partial charge in [-0.05, 0) is 56.2 Å². The van der Waals surface area contributed by atoms with Crippen LogP contribution in [-0.4, -0.2) is 36.9 Å². The number of rotatable bonds is 7. The van der Waals surface area contributed by atoms with E-state index in [9.17, 15) is 4.79 Å². The summed E-state index contributed by atoms with van der Waals surface area (Å²) in [7, 11) is 0. The van der Waals surface area contributed by atoms with Gasteiger partial charge in [0.25, 0.3) is 5.91 Å². The molecule has 1 aliphatic carbocycles. The van der Waals surface area contributed by atoms with Crippen LogP contribution < -0.4 is 15.4 Å². The SMILES string of the molecule is CCOCCOc1ccc(C(=O)NC(=S)NC2CCCC2)cc1. The predicted octanol–water partition coefficient (Wildman–Crippen LogP) is 2.65. The Balaban J connectivity index is 1.76. The van der Waals surface area contributed by atoms with Gasteiger partial charge in [0.15, 0.2) is 5.11 Å². The topological polar surface area (TPSA) is 59.6 Å². The molecule has 5 nitrogen and oxygen atoms in total. The van der Waals surface area contributed by atoms with Crippen LogP contribution in [0.2, 0.25) is 0 Å². The van der Waals surface area contributed by atoms with Gasteiger partial charge in [-0.2, -0.15) is 0 Å². The lowest BCUT2D eigenvalue weighted by atomic mass is 10.2. The maximum atomic E-state index is 12.1. The highest BCUT2D eigenvalue weighted by Gasteiger charge is 2.16. The molecule has 1 amide bonds. The Kier molecular flexibility index (Phi) is 7.29. The van der Waals surface area contributed by atoms with Crippen molar-refractivity contribution in [2.24, 2.45) is 0 Å². The molecule has 2 N–H and O–H groups in total. The minimum atomic E-state index is -0.207. The van der Waals surface area contributed by atoms with Gasteiger partial charge in [0, 0.05) is 18.2 Å². The van der Waals surface area contributed by atoms with Crippen molar-refractivity contribution in [2.75, 3.05) is 19.8 Å². The summed E-state index contributed by atoms with van der Waals surface area (Å²) in [6.07, 6.45) is 4.67. The molecule has 0 unspecified atom stereocenters. The predicted molar refractivity (Wildman–Crippen MR) is 93.9 cm³/mol. The third-order valence-corrected chi connectivity index (χ3v) is 3.95. The van der Waals surface area contributed by atoms with Gasteiger partial charge in [-0.15, -0.1) is 0 Å². The van der Waals surface area contributed by atoms with E-state index in [4.69, 9.17) is 21.7 Å². The van der Waals surface area contributed by atoms with E-state index in [1.54, 1.807) is 24.3 Å². The van der Waals surface area contributed by atoms with Gasteiger partial charge in [-0.3, -0.25) is 10.1 Å². The van der Waals surface area contributed by atoms with Crippen LogP contribution in [0, 0.1) is 0 Å². The smallest absolute Gasteiger partial charge is 0.257 e. The van der Waals surface area contributed by atoms with E-state index in [1.807, 2.05) is 6.92 Å². The minimum absolute atomic E-state index is 0.207. The summed E-state index contributed by atoms with van der Waals surface area (Å²) in [5, 5.41) is 6.32. The molecular formula is C17H24N2O3S. The van der Waals surface area contributed by atoms with Gasteiger partial charge >= 0.3 is 0 Å². The largest absolute Gasteiger partial charge is 0.491 e. The van der Waals surface area contributed by atoms with Gasteiger partial charge < -0.3 is 14.8 Å². The zero-order valence-electron chi connectivity index (χ0n) is 13.5. The molecule has 1 aliphatic rings. The first-order valence-electron chi connectivity index (χ1n) is 8.11. The molecule has 126 valence electrons. The van der Waals surface area contributed by atoms with Crippen molar-refractivity contribution in [3.8, 4) is 5.75 Å². The van der Waals surface area contributed by atoms with Crippen LogP contribution in [0.4, 0.5) is 0 Å². The zero-order chi connectivity index (χ0) is 16.5. The molecule has 23 heavy (non-hydrogen) atoms. The molecule has 0 aromatic heterocycles. The summed E-state index contributed by atoms with van der Waals surface area (Å²) in [6, 6.07) is 7.39. The van der Waals surface area contributed by atoms with E-state index in [0.29, 0.717) is 42.3 Å². The Morgan fingerprint density at radius 2 is 1.91 bits per heavy atom. The van der Waals surface area contributed by atoms with E-state index < -0.39 is 0 Å². The van der Waals surface area contributed by atoms with Gasteiger partial charge in [0.05, 0.1) is 6.61 Å². The van der Waals surface area contributed by atoms with Crippen molar-refractivity contribution in [3.63, 3.8) is 0 Å². The zero-order valence-corrected chi connectivity index (χ0v) is 14.3.